The fourth-order valence-electron chi connectivity index (χ4n) is 3.95. The number of rotatable bonds is 7. The predicted octanol–water partition coefficient (Wildman–Crippen LogP) is 5.06. The quantitative estimate of drug-likeness (QED) is 0.581. The summed E-state index contributed by atoms with van der Waals surface area (Å²) in [5, 5.41) is 7.45. The number of ether oxygens (including phenoxy) is 1. The highest BCUT2D eigenvalue weighted by atomic mass is 32.1. The molecule has 0 saturated heterocycles. The Bertz CT molecular complexity index is 967. The maximum absolute atomic E-state index is 12.8. The van der Waals surface area contributed by atoms with E-state index in [1.807, 2.05) is 38.1 Å². The van der Waals surface area contributed by atoms with E-state index in [2.05, 4.69) is 51.3 Å². The smallest absolute Gasteiger partial charge is 0.251 e. The average Bonchev–Trinajstić information content (AvgIpc) is 3.28. The minimum atomic E-state index is -0.0521. The van der Waals surface area contributed by atoms with E-state index >= 15 is 0 Å². The van der Waals surface area contributed by atoms with E-state index in [1.165, 1.54) is 16.7 Å². The van der Waals surface area contributed by atoms with Gasteiger partial charge in [0.15, 0.2) is 0 Å². The second-order valence-electron chi connectivity index (χ2n) is 7.96. The molecular formula is C25H28N2O2S. The van der Waals surface area contributed by atoms with Crippen molar-refractivity contribution in [3.8, 4) is 5.75 Å². The molecule has 2 heterocycles. The molecule has 0 fully saturated rings. The highest BCUT2D eigenvalue weighted by Gasteiger charge is 2.25. The topological polar surface area (TPSA) is 41.6 Å². The summed E-state index contributed by atoms with van der Waals surface area (Å²) in [4.78, 5) is 15.2. The molecule has 5 heteroatoms. The van der Waals surface area contributed by atoms with Crippen molar-refractivity contribution in [2.75, 3.05) is 13.1 Å². The maximum Gasteiger partial charge on any atom is 0.251 e. The Hall–Kier alpha value is -2.63. The summed E-state index contributed by atoms with van der Waals surface area (Å²) >= 11 is 1.70. The lowest BCUT2D eigenvalue weighted by Gasteiger charge is -2.35. The van der Waals surface area contributed by atoms with Gasteiger partial charge in [0.2, 0.25) is 0 Å². The summed E-state index contributed by atoms with van der Waals surface area (Å²) in [7, 11) is 0. The van der Waals surface area contributed by atoms with Crippen molar-refractivity contribution in [2.24, 2.45) is 0 Å². The molecule has 1 aromatic heterocycles. The van der Waals surface area contributed by atoms with Gasteiger partial charge in [-0.3, -0.25) is 9.69 Å². The average molecular weight is 421 g/mol. The van der Waals surface area contributed by atoms with Gasteiger partial charge in [0, 0.05) is 25.2 Å². The molecule has 0 radical (unpaired) electrons. The van der Waals surface area contributed by atoms with Gasteiger partial charge in [0.1, 0.15) is 5.75 Å². The molecule has 2 aromatic carbocycles. The highest BCUT2D eigenvalue weighted by molar-refractivity contribution is 7.08. The normalized spacial score (nSPS) is 14.9. The lowest BCUT2D eigenvalue weighted by atomic mass is 9.97. The van der Waals surface area contributed by atoms with Crippen LogP contribution in [0.4, 0.5) is 0 Å². The van der Waals surface area contributed by atoms with Gasteiger partial charge in [-0.15, -0.1) is 0 Å². The van der Waals surface area contributed by atoms with Crippen molar-refractivity contribution in [2.45, 2.75) is 39.0 Å². The van der Waals surface area contributed by atoms with Crippen LogP contribution in [0.1, 0.15) is 46.9 Å². The first-order chi connectivity index (χ1) is 14.6. The Kier molecular flexibility index (Phi) is 6.50. The van der Waals surface area contributed by atoms with Crippen molar-refractivity contribution >= 4 is 17.2 Å². The second kappa shape index (κ2) is 9.45. The predicted molar refractivity (Wildman–Crippen MR) is 122 cm³/mol. The van der Waals surface area contributed by atoms with Crippen LogP contribution in [0.2, 0.25) is 0 Å². The Morgan fingerprint density at radius 1 is 1.10 bits per heavy atom. The van der Waals surface area contributed by atoms with Crippen LogP contribution in [0.15, 0.2) is 65.4 Å². The molecule has 1 aliphatic rings. The van der Waals surface area contributed by atoms with Gasteiger partial charge in [0.25, 0.3) is 5.91 Å². The lowest BCUT2D eigenvalue weighted by Crippen LogP contribution is -2.40. The molecule has 0 aliphatic carbocycles. The van der Waals surface area contributed by atoms with Gasteiger partial charge in [-0.25, -0.2) is 0 Å². The van der Waals surface area contributed by atoms with E-state index in [0.29, 0.717) is 12.1 Å². The molecular weight excluding hydrogens is 392 g/mol. The third kappa shape index (κ3) is 4.91. The van der Waals surface area contributed by atoms with Gasteiger partial charge in [-0.1, -0.05) is 24.3 Å². The highest BCUT2D eigenvalue weighted by Crippen LogP contribution is 2.29. The molecule has 0 bridgehead atoms. The Morgan fingerprint density at radius 2 is 1.87 bits per heavy atom. The summed E-state index contributed by atoms with van der Waals surface area (Å²) in [6.07, 6.45) is 1.16. The molecule has 4 rings (SSSR count). The van der Waals surface area contributed by atoms with E-state index in [-0.39, 0.29) is 18.1 Å². The van der Waals surface area contributed by atoms with Gasteiger partial charge in [-0.05, 0) is 78.1 Å². The van der Waals surface area contributed by atoms with Gasteiger partial charge >= 0.3 is 0 Å². The number of carbonyl (C=O) groups excluding carboxylic acids is 1. The molecule has 0 spiro atoms. The minimum Gasteiger partial charge on any atom is -0.491 e. The summed E-state index contributed by atoms with van der Waals surface area (Å²) in [6, 6.07) is 18.3. The van der Waals surface area contributed by atoms with Gasteiger partial charge < -0.3 is 10.1 Å². The summed E-state index contributed by atoms with van der Waals surface area (Å²) < 4.78 is 5.67. The summed E-state index contributed by atoms with van der Waals surface area (Å²) in [5.74, 6) is 0.730. The van der Waals surface area contributed by atoms with E-state index in [4.69, 9.17) is 4.74 Å². The summed E-state index contributed by atoms with van der Waals surface area (Å²) in [5.41, 5.74) is 4.74. The standard InChI is InChI=1S/C25H28N2O2S/c1-18(2)29-23-9-7-20(8-10-23)25(28)26-15-24(22-12-14-30-17-22)27-13-11-19-5-3-4-6-21(19)16-27/h3-10,12,14,17-18,24H,11,13,15-16H2,1-2H3,(H,26,28)/t24-/m0/s1. The fraction of sp³-hybridized carbons (Fsp3) is 0.320. The molecule has 1 N–H and O–H groups in total. The van der Waals surface area contributed by atoms with Crippen molar-refractivity contribution in [3.05, 3.63) is 87.6 Å². The molecule has 30 heavy (non-hydrogen) atoms. The Balaban J connectivity index is 1.44. The van der Waals surface area contributed by atoms with Crippen LogP contribution in [0.3, 0.4) is 0 Å². The number of hydrogen-bond donors (Lipinski definition) is 1. The van der Waals surface area contributed by atoms with Crippen LogP contribution in [-0.2, 0) is 13.0 Å². The number of fused-ring (bicyclic) bond motifs is 1. The number of carbonyl (C=O) groups is 1. The van der Waals surface area contributed by atoms with Crippen molar-refractivity contribution in [1.82, 2.24) is 10.2 Å². The van der Waals surface area contributed by atoms with Crippen molar-refractivity contribution in [3.63, 3.8) is 0 Å². The third-order valence-electron chi connectivity index (χ3n) is 5.47. The SMILES string of the molecule is CC(C)Oc1ccc(C(=O)NC[C@@H](c2ccsc2)N2CCc3ccccc3C2)cc1. The number of nitrogens with zero attached hydrogens (tertiary/aromatic N) is 1. The molecule has 0 saturated carbocycles. The van der Waals surface area contributed by atoms with Crippen molar-refractivity contribution < 1.29 is 9.53 Å². The number of hydrogen-bond acceptors (Lipinski definition) is 4. The number of thiophene rings is 1. The van der Waals surface area contributed by atoms with Crippen LogP contribution in [0.25, 0.3) is 0 Å². The van der Waals surface area contributed by atoms with Crippen LogP contribution in [0, 0.1) is 0 Å². The monoisotopic (exact) mass is 420 g/mol. The maximum atomic E-state index is 12.8. The molecule has 1 atom stereocenters. The van der Waals surface area contributed by atoms with Crippen LogP contribution >= 0.6 is 11.3 Å². The van der Waals surface area contributed by atoms with E-state index in [9.17, 15) is 4.79 Å². The first-order valence-corrected chi connectivity index (χ1v) is 11.4. The van der Waals surface area contributed by atoms with Crippen molar-refractivity contribution in [1.29, 1.82) is 0 Å². The largest absolute Gasteiger partial charge is 0.491 e. The molecule has 156 valence electrons. The van der Waals surface area contributed by atoms with E-state index in [1.54, 1.807) is 11.3 Å². The molecule has 0 unspecified atom stereocenters. The number of nitrogens with one attached hydrogen (secondary N) is 1. The summed E-state index contributed by atoms with van der Waals surface area (Å²) in [6.45, 7) is 6.47. The Labute approximate surface area is 182 Å². The third-order valence-corrected chi connectivity index (χ3v) is 6.17. The molecule has 4 nitrogen and oxygen atoms in total. The molecule has 3 aromatic rings. The van der Waals surface area contributed by atoms with E-state index < -0.39 is 0 Å². The lowest BCUT2D eigenvalue weighted by molar-refractivity contribution is 0.0928. The zero-order chi connectivity index (χ0) is 20.9. The zero-order valence-electron chi connectivity index (χ0n) is 17.5. The second-order valence-corrected chi connectivity index (χ2v) is 8.74. The number of amides is 1. The molecule has 1 aliphatic heterocycles. The van der Waals surface area contributed by atoms with Gasteiger partial charge in [-0.2, -0.15) is 11.3 Å². The van der Waals surface area contributed by atoms with Crippen LogP contribution in [-0.4, -0.2) is 30.0 Å². The van der Waals surface area contributed by atoms with Crippen LogP contribution < -0.4 is 10.1 Å². The van der Waals surface area contributed by atoms with Crippen LogP contribution in [0.5, 0.6) is 5.75 Å². The Morgan fingerprint density at radius 3 is 2.57 bits per heavy atom. The van der Waals surface area contributed by atoms with Gasteiger partial charge in [0.05, 0.1) is 12.1 Å². The minimum absolute atomic E-state index is 0.0521. The van der Waals surface area contributed by atoms with E-state index in [0.717, 1.165) is 25.3 Å². The zero-order valence-corrected chi connectivity index (χ0v) is 18.3. The molecule has 1 amide bonds. The first kappa shape index (κ1) is 20.6. The fourth-order valence-corrected chi connectivity index (χ4v) is 4.66. The number of benzene rings is 2. The first-order valence-electron chi connectivity index (χ1n) is 10.5.